The molecular formula is C22H22FN3O5S. The number of nitrogens with zero attached hydrogens (tertiary/aromatic N) is 3. The van der Waals surface area contributed by atoms with Crippen LogP contribution in [0.1, 0.15) is 41.1 Å². The number of halogens is 1. The van der Waals surface area contributed by atoms with Gasteiger partial charge in [-0.2, -0.15) is 0 Å². The predicted molar refractivity (Wildman–Crippen MR) is 118 cm³/mol. The van der Waals surface area contributed by atoms with E-state index in [-0.39, 0.29) is 22.1 Å². The zero-order chi connectivity index (χ0) is 22.7. The zero-order valence-corrected chi connectivity index (χ0v) is 18.8. The number of hydrogen-bond donors (Lipinski definition) is 0. The van der Waals surface area contributed by atoms with E-state index in [0.29, 0.717) is 60.5 Å². The zero-order valence-electron chi connectivity index (χ0n) is 17.9. The molecule has 3 aromatic rings. The highest BCUT2D eigenvalue weighted by Gasteiger charge is 2.32. The van der Waals surface area contributed by atoms with Gasteiger partial charge in [0.25, 0.3) is 0 Å². The predicted octanol–water partition coefficient (Wildman–Crippen LogP) is 3.14. The number of aromatic nitrogens is 1. The smallest absolute Gasteiger partial charge is 0.396 e. The van der Waals surface area contributed by atoms with Crippen molar-refractivity contribution in [2.45, 2.75) is 37.7 Å². The van der Waals surface area contributed by atoms with E-state index in [1.165, 1.54) is 24.8 Å². The average Bonchev–Trinajstić information content (AvgIpc) is 3.05. The molecule has 0 saturated carbocycles. The van der Waals surface area contributed by atoms with Crippen LogP contribution in [0.5, 0.6) is 0 Å². The fourth-order valence-electron chi connectivity index (χ4n) is 4.46. The van der Waals surface area contributed by atoms with Crippen LogP contribution in [0.25, 0.3) is 10.9 Å². The minimum atomic E-state index is -0.707. The Balaban J connectivity index is 1.44. The number of rotatable bonds is 4. The van der Waals surface area contributed by atoms with E-state index < -0.39 is 17.1 Å². The van der Waals surface area contributed by atoms with Gasteiger partial charge in [-0.3, -0.25) is 14.5 Å². The summed E-state index contributed by atoms with van der Waals surface area (Å²) in [6.45, 7) is 7.97. The first-order valence-electron chi connectivity index (χ1n) is 10.4. The van der Waals surface area contributed by atoms with Crippen LogP contribution in [0.4, 0.5) is 10.1 Å². The first-order chi connectivity index (χ1) is 15.2. The number of fused-ring (bicyclic) bond motifs is 3. The van der Waals surface area contributed by atoms with Gasteiger partial charge in [0.1, 0.15) is 11.6 Å². The molecule has 5 rings (SSSR count). The van der Waals surface area contributed by atoms with Gasteiger partial charge >= 0.3 is 5.82 Å². The summed E-state index contributed by atoms with van der Waals surface area (Å²) in [6.07, 6.45) is 0. The fourth-order valence-corrected chi connectivity index (χ4v) is 5.67. The third-order valence-corrected chi connectivity index (χ3v) is 7.32. The van der Waals surface area contributed by atoms with E-state index in [1.54, 1.807) is 13.0 Å². The number of carbonyl (C=O) groups is 1. The maximum atomic E-state index is 15.1. The van der Waals surface area contributed by atoms with Crippen molar-refractivity contribution < 1.29 is 18.0 Å². The molecule has 4 heterocycles. The van der Waals surface area contributed by atoms with E-state index in [4.69, 9.17) is 8.83 Å². The Bertz CT molecular complexity index is 1370. The van der Waals surface area contributed by atoms with Gasteiger partial charge < -0.3 is 18.3 Å². The highest BCUT2D eigenvalue weighted by atomic mass is 32.2. The molecule has 32 heavy (non-hydrogen) atoms. The van der Waals surface area contributed by atoms with Gasteiger partial charge in [0.15, 0.2) is 11.5 Å². The maximum Gasteiger partial charge on any atom is 0.519 e. The van der Waals surface area contributed by atoms with Crippen LogP contribution in [0, 0.1) is 12.7 Å². The van der Waals surface area contributed by atoms with Crippen molar-refractivity contribution in [3.05, 3.63) is 55.9 Å². The summed E-state index contributed by atoms with van der Waals surface area (Å²) in [5, 5.41) is 0.951. The third-order valence-electron chi connectivity index (χ3n) is 6.14. The Kier molecular flexibility index (Phi) is 5.01. The Morgan fingerprint density at radius 3 is 2.50 bits per heavy atom. The lowest BCUT2D eigenvalue weighted by molar-refractivity contribution is 0.101. The number of Topliss-reactive ketones (excluding diaryl/α,β-unsaturated/α-hetero) is 1. The van der Waals surface area contributed by atoms with Crippen molar-refractivity contribution in [1.29, 1.82) is 0 Å². The highest BCUT2D eigenvalue weighted by molar-refractivity contribution is 8.00. The number of benzene rings is 1. The van der Waals surface area contributed by atoms with Crippen LogP contribution < -0.4 is 16.2 Å². The summed E-state index contributed by atoms with van der Waals surface area (Å²) in [5.41, 5.74) is 0.820. The van der Waals surface area contributed by atoms with E-state index in [0.717, 1.165) is 0 Å². The number of pyridine rings is 1. The van der Waals surface area contributed by atoms with Gasteiger partial charge in [0.2, 0.25) is 5.43 Å². The summed E-state index contributed by atoms with van der Waals surface area (Å²) < 4.78 is 27.0. The number of hydrogen-bond acceptors (Lipinski definition) is 8. The lowest BCUT2D eigenvalue weighted by Crippen LogP contribution is -2.46. The van der Waals surface area contributed by atoms with Crippen molar-refractivity contribution in [3.8, 4) is 0 Å². The van der Waals surface area contributed by atoms with Crippen LogP contribution >= 0.6 is 11.8 Å². The molecule has 2 aromatic heterocycles. The second-order valence-corrected chi connectivity index (χ2v) is 9.47. The average molecular weight is 459 g/mol. The highest BCUT2D eigenvalue weighted by Crippen LogP contribution is 2.46. The summed E-state index contributed by atoms with van der Waals surface area (Å²) in [5.74, 6) is -0.509. The van der Waals surface area contributed by atoms with Crippen molar-refractivity contribution in [2.75, 3.05) is 31.1 Å². The SMILES string of the molecule is CC(=O)c1c2n(c3cc(N4CCN(Cc5oc(=O)oc5C)CC4)c(F)cc3c1=O)C(C)S2. The monoisotopic (exact) mass is 459 g/mol. The molecule has 2 aliphatic heterocycles. The molecule has 168 valence electrons. The van der Waals surface area contributed by atoms with Crippen LogP contribution in [0.2, 0.25) is 0 Å². The number of ketones is 1. The lowest BCUT2D eigenvalue weighted by Gasteiger charge is -2.37. The van der Waals surface area contributed by atoms with Gasteiger partial charge in [-0.1, -0.05) is 11.8 Å². The molecular weight excluding hydrogens is 437 g/mol. The molecule has 1 fully saturated rings. The van der Waals surface area contributed by atoms with E-state index >= 15 is 4.39 Å². The first-order valence-corrected chi connectivity index (χ1v) is 11.3. The summed E-state index contributed by atoms with van der Waals surface area (Å²) in [6, 6.07) is 2.99. The molecule has 0 radical (unpaired) electrons. The molecule has 1 saturated heterocycles. The largest absolute Gasteiger partial charge is 0.519 e. The summed E-state index contributed by atoms with van der Waals surface area (Å²) in [4.78, 5) is 40.3. The van der Waals surface area contributed by atoms with Crippen molar-refractivity contribution in [1.82, 2.24) is 9.47 Å². The molecule has 0 amide bonds. The fraction of sp³-hybridized carbons (Fsp3) is 0.409. The number of aryl methyl sites for hydroxylation is 1. The van der Waals surface area contributed by atoms with Crippen molar-refractivity contribution in [3.63, 3.8) is 0 Å². The van der Waals surface area contributed by atoms with Crippen LogP contribution in [0.15, 0.2) is 35.6 Å². The molecule has 1 unspecified atom stereocenters. The normalized spacial score (nSPS) is 18.6. The quantitative estimate of drug-likeness (QED) is 0.550. The lowest BCUT2D eigenvalue weighted by atomic mass is 10.1. The second kappa shape index (κ2) is 7.63. The molecule has 0 bridgehead atoms. The van der Waals surface area contributed by atoms with Crippen molar-refractivity contribution in [2.24, 2.45) is 0 Å². The third kappa shape index (κ3) is 3.29. The minimum absolute atomic E-state index is 0.0641. The number of thioether (sulfide) groups is 1. The molecule has 2 aliphatic rings. The number of carbonyl (C=O) groups excluding carboxylic acids is 1. The van der Waals surface area contributed by atoms with Crippen LogP contribution in [-0.4, -0.2) is 41.4 Å². The van der Waals surface area contributed by atoms with Crippen LogP contribution in [0.3, 0.4) is 0 Å². The molecule has 8 nitrogen and oxygen atoms in total. The Hall–Kier alpha value is -2.85. The van der Waals surface area contributed by atoms with E-state index in [9.17, 15) is 14.4 Å². The molecule has 1 atom stereocenters. The number of piperazine rings is 1. The summed E-state index contributed by atoms with van der Waals surface area (Å²) >= 11 is 1.48. The second-order valence-electron chi connectivity index (χ2n) is 8.17. The van der Waals surface area contributed by atoms with E-state index in [2.05, 4.69) is 4.90 Å². The summed E-state index contributed by atoms with van der Waals surface area (Å²) in [7, 11) is 0. The van der Waals surface area contributed by atoms with Crippen molar-refractivity contribution >= 4 is 34.1 Å². The van der Waals surface area contributed by atoms with Gasteiger partial charge in [0, 0.05) is 31.6 Å². The Labute approximate surface area is 186 Å². The first kappa shape index (κ1) is 21.0. The maximum absolute atomic E-state index is 15.1. The van der Waals surface area contributed by atoms with E-state index in [1.807, 2.05) is 16.4 Å². The molecule has 0 aliphatic carbocycles. The Morgan fingerprint density at radius 1 is 1.19 bits per heavy atom. The van der Waals surface area contributed by atoms with Gasteiger partial charge in [-0.15, -0.1) is 0 Å². The molecule has 1 aromatic carbocycles. The van der Waals surface area contributed by atoms with Gasteiger partial charge in [-0.25, -0.2) is 9.18 Å². The topological polar surface area (TPSA) is 88.9 Å². The minimum Gasteiger partial charge on any atom is -0.396 e. The Morgan fingerprint density at radius 2 is 1.91 bits per heavy atom. The van der Waals surface area contributed by atoms with Gasteiger partial charge in [-0.05, 0) is 32.9 Å². The molecule has 0 spiro atoms. The number of anilines is 1. The standard InChI is InChI=1S/C22H22FN3O5S/c1-11(27)19-20(28)14-8-15(23)17(9-16(14)26-13(3)32-21(19)26)25-6-4-24(5-7-25)10-18-12(2)30-22(29)31-18/h8-9,13H,4-7,10H2,1-3H3. The van der Waals surface area contributed by atoms with Gasteiger partial charge in [0.05, 0.1) is 33.7 Å². The molecule has 10 heteroatoms. The van der Waals surface area contributed by atoms with Crippen LogP contribution in [-0.2, 0) is 6.54 Å². The molecule has 0 N–H and O–H groups in total.